The van der Waals surface area contributed by atoms with Crippen LogP contribution in [0.4, 0.5) is 27.6 Å². The standard InChI is InChI=1S/C31H28F5N5O4/c1-16-14-38-28(39-17(16)2)21-7-6-18(20-5-4-8-37-27(20)21)11-24(30(43)44-3)40-29(42)26-22(32)12-19(13-23(26)33)41-9-10-45-15-25(41)31(34,35)36/h4-8,12-14,24-25H,9-11,15H2,1-3H3,(H,40,42)/t24-,25+/m0/s1. The molecule has 0 aliphatic carbocycles. The predicted octanol–water partition coefficient (Wildman–Crippen LogP) is 4.87. The van der Waals surface area contributed by atoms with Crippen LogP contribution in [0.15, 0.2) is 48.8 Å². The molecule has 1 aliphatic rings. The number of benzene rings is 2. The molecule has 45 heavy (non-hydrogen) atoms. The summed E-state index contributed by atoms with van der Waals surface area (Å²) in [4.78, 5) is 40.1. The van der Waals surface area contributed by atoms with Crippen LogP contribution in [0.2, 0.25) is 0 Å². The Hall–Kier alpha value is -4.72. The Kier molecular flexibility index (Phi) is 8.96. The molecule has 0 bridgehead atoms. The van der Waals surface area contributed by atoms with Gasteiger partial charge in [0, 0.05) is 47.7 Å². The van der Waals surface area contributed by atoms with E-state index < -0.39 is 59.6 Å². The van der Waals surface area contributed by atoms with Gasteiger partial charge in [0.1, 0.15) is 29.3 Å². The van der Waals surface area contributed by atoms with Crippen molar-refractivity contribution in [3.63, 3.8) is 0 Å². The highest BCUT2D eigenvalue weighted by atomic mass is 19.4. The van der Waals surface area contributed by atoms with Gasteiger partial charge in [-0.2, -0.15) is 13.2 Å². The SMILES string of the molecule is COC(=O)[C@H](Cc1ccc(-c2ncc(C)c(C)n2)c2ncccc12)NC(=O)c1c(F)cc(N2CCOC[C@@H]2C(F)(F)F)cc1F. The van der Waals surface area contributed by atoms with Gasteiger partial charge in [0.15, 0.2) is 5.82 Å². The molecule has 1 fully saturated rings. The number of pyridine rings is 1. The molecule has 0 saturated carbocycles. The second-order valence-electron chi connectivity index (χ2n) is 10.5. The van der Waals surface area contributed by atoms with Crippen LogP contribution in [0.3, 0.4) is 0 Å². The number of rotatable bonds is 7. The number of carbonyl (C=O) groups excluding carboxylic acids is 2. The summed E-state index contributed by atoms with van der Waals surface area (Å²) in [6.45, 7) is 2.69. The second-order valence-corrected chi connectivity index (χ2v) is 10.5. The fourth-order valence-electron chi connectivity index (χ4n) is 5.16. The molecule has 9 nitrogen and oxygen atoms in total. The topological polar surface area (TPSA) is 107 Å². The number of morpholine rings is 1. The molecule has 2 aromatic carbocycles. The van der Waals surface area contributed by atoms with Crippen molar-refractivity contribution >= 4 is 28.5 Å². The maximum atomic E-state index is 15.2. The quantitative estimate of drug-likeness (QED) is 0.228. The van der Waals surface area contributed by atoms with Crippen molar-refractivity contribution in [2.75, 3.05) is 31.8 Å². The Balaban J connectivity index is 1.44. The molecular weight excluding hydrogens is 601 g/mol. The molecule has 1 N–H and O–H groups in total. The number of fused-ring (bicyclic) bond motifs is 1. The van der Waals surface area contributed by atoms with Gasteiger partial charge in [-0.3, -0.25) is 9.78 Å². The minimum Gasteiger partial charge on any atom is -0.467 e. The summed E-state index contributed by atoms with van der Waals surface area (Å²) < 4.78 is 80.7. The first-order chi connectivity index (χ1) is 21.4. The van der Waals surface area contributed by atoms with E-state index in [1.54, 1.807) is 36.7 Å². The highest BCUT2D eigenvalue weighted by Gasteiger charge is 2.46. The van der Waals surface area contributed by atoms with Crippen LogP contribution in [-0.4, -0.2) is 72.0 Å². The van der Waals surface area contributed by atoms with E-state index in [0.29, 0.717) is 40.0 Å². The normalized spacial score (nSPS) is 16.0. The minimum atomic E-state index is -4.72. The minimum absolute atomic E-state index is 0.0816. The van der Waals surface area contributed by atoms with Gasteiger partial charge in [0.05, 0.1) is 25.8 Å². The Bertz CT molecular complexity index is 1740. The van der Waals surface area contributed by atoms with Gasteiger partial charge in [-0.25, -0.2) is 23.5 Å². The van der Waals surface area contributed by atoms with Crippen molar-refractivity contribution < 1.29 is 41.0 Å². The molecular formula is C31H28F5N5O4. The van der Waals surface area contributed by atoms with Crippen molar-refractivity contribution in [1.29, 1.82) is 0 Å². The first-order valence-corrected chi connectivity index (χ1v) is 13.8. The van der Waals surface area contributed by atoms with E-state index in [9.17, 15) is 22.8 Å². The van der Waals surface area contributed by atoms with Gasteiger partial charge < -0.3 is 19.7 Å². The molecule has 1 saturated heterocycles. The number of methoxy groups -OCH3 is 1. The van der Waals surface area contributed by atoms with Crippen molar-refractivity contribution in [3.05, 3.63) is 82.8 Å². The lowest BCUT2D eigenvalue weighted by atomic mass is 9.97. The number of hydrogen-bond donors (Lipinski definition) is 1. The van der Waals surface area contributed by atoms with Gasteiger partial charge in [0.25, 0.3) is 5.91 Å². The molecule has 3 heterocycles. The molecule has 4 aromatic rings. The number of carbonyl (C=O) groups is 2. The number of anilines is 1. The van der Waals surface area contributed by atoms with Crippen LogP contribution < -0.4 is 10.2 Å². The lowest BCUT2D eigenvalue weighted by molar-refractivity contribution is -0.167. The molecule has 1 aliphatic heterocycles. The number of halogens is 5. The number of esters is 1. The molecule has 14 heteroatoms. The Morgan fingerprint density at radius 2 is 1.87 bits per heavy atom. The summed E-state index contributed by atoms with van der Waals surface area (Å²) >= 11 is 0. The average molecular weight is 630 g/mol. The molecule has 5 rings (SSSR count). The van der Waals surface area contributed by atoms with E-state index in [0.717, 1.165) is 23.3 Å². The van der Waals surface area contributed by atoms with Gasteiger partial charge in [0.2, 0.25) is 0 Å². The second kappa shape index (κ2) is 12.7. The third-order valence-electron chi connectivity index (χ3n) is 7.63. The van der Waals surface area contributed by atoms with E-state index in [1.165, 1.54) is 0 Å². The maximum absolute atomic E-state index is 15.2. The van der Waals surface area contributed by atoms with Crippen LogP contribution in [0.25, 0.3) is 22.3 Å². The zero-order valence-corrected chi connectivity index (χ0v) is 24.4. The number of aromatic nitrogens is 3. The van der Waals surface area contributed by atoms with Crippen LogP contribution >= 0.6 is 0 Å². The van der Waals surface area contributed by atoms with E-state index in [4.69, 9.17) is 9.47 Å². The number of nitrogens with zero attached hydrogens (tertiary/aromatic N) is 4. The highest BCUT2D eigenvalue weighted by Crippen LogP contribution is 2.33. The number of ether oxygens (including phenoxy) is 2. The number of hydrogen-bond acceptors (Lipinski definition) is 8. The molecule has 2 aromatic heterocycles. The summed E-state index contributed by atoms with van der Waals surface area (Å²) in [6, 6.07) is 4.68. The average Bonchev–Trinajstić information content (AvgIpc) is 3.01. The first-order valence-electron chi connectivity index (χ1n) is 13.8. The van der Waals surface area contributed by atoms with E-state index >= 15 is 8.78 Å². The van der Waals surface area contributed by atoms with Gasteiger partial charge in [-0.1, -0.05) is 12.1 Å². The van der Waals surface area contributed by atoms with E-state index in [2.05, 4.69) is 20.3 Å². The molecule has 1 amide bonds. The summed E-state index contributed by atoms with van der Waals surface area (Å²) in [6.07, 6.45) is -1.58. The predicted molar refractivity (Wildman–Crippen MR) is 154 cm³/mol. The monoisotopic (exact) mass is 629 g/mol. The number of aryl methyl sites for hydroxylation is 2. The third kappa shape index (κ3) is 6.55. The van der Waals surface area contributed by atoms with E-state index in [-0.39, 0.29) is 19.6 Å². The summed E-state index contributed by atoms with van der Waals surface area (Å²) in [5.41, 5.74) is 1.97. The Morgan fingerprint density at radius 1 is 1.13 bits per heavy atom. The van der Waals surface area contributed by atoms with Crippen molar-refractivity contribution in [2.45, 2.75) is 38.5 Å². The highest BCUT2D eigenvalue weighted by molar-refractivity contribution is 5.98. The smallest absolute Gasteiger partial charge is 0.411 e. The third-order valence-corrected chi connectivity index (χ3v) is 7.63. The summed E-state index contributed by atoms with van der Waals surface area (Å²) in [5.74, 6) is -4.53. The molecule has 0 radical (unpaired) electrons. The largest absolute Gasteiger partial charge is 0.467 e. The van der Waals surface area contributed by atoms with Crippen molar-refractivity contribution in [2.24, 2.45) is 0 Å². The molecule has 0 unspecified atom stereocenters. The fraction of sp³-hybridized carbons (Fsp3) is 0.323. The Labute approximate surface area is 254 Å². The van der Waals surface area contributed by atoms with Crippen LogP contribution in [-0.2, 0) is 20.7 Å². The lowest BCUT2D eigenvalue weighted by Gasteiger charge is -2.38. The number of alkyl halides is 3. The summed E-state index contributed by atoms with van der Waals surface area (Å²) in [5, 5.41) is 2.94. The van der Waals surface area contributed by atoms with Gasteiger partial charge in [-0.05, 0) is 49.2 Å². The van der Waals surface area contributed by atoms with Crippen molar-refractivity contribution in [3.8, 4) is 11.4 Å². The number of nitrogens with one attached hydrogen (secondary N) is 1. The molecule has 2 atom stereocenters. The van der Waals surface area contributed by atoms with Crippen molar-refractivity contribution in [1.82, 2.24) is 20.3 Å². The fourth-order valence-corrected chi connectivity index (χ4v) is 5.16. The van der Waals surface area contributed by atoms with E-state index in [1.807, 2.05) is 13.8 Å². The lowest BCUT2D eigenvalue weighted by Crippen LogP contribution is -2.53. The zero-order chi connectivity index (χ0) is 32.5. The molecule has 0 spiro atoms. The molecule has 236 valence electrons. The maximum Gasteiger partial charge on any atom is 0.411 e. The first kappa shape index (κ1) is 31.7. The summed E-state index contributed by atoms with van der Waals surface area (Å²) in [7, 11) is 1.09. The zero-order valence-electron chi connectivity index (χ0n) is 24.4. The van der Waals surface area contributed by atoms with Gasteiger partial charge >= 0.3 is 12.1 Å². The number of amides is 1. The van der Waals surface area contributed by atoms with Crippen LogP contribution in [0, 0.1) is 25.5 Å². The van der Waals surface area contributed by atoms with Gasteiger partial charge in [-0.15, -0.1) is 0 Å². The van der Waals surface area contributed by atoms with Crippen LogP contribution in [0.5, 0.6) is 0 Å². The Morgan fingerprint density at radius 3 is 2.53 bits per heavy atom. The van der Waals surface area contributed by atoms with Crippen LogP contribution in [0.1, 0.15) is 27.2 Å².